The molecule has 5 aliphatic heterocycles. The van der Waals surface area contributed by atoms with Gasteiger partial charge in [-0.2, -0.15) is 0 Å². The van der Waals surface area contributed by atoms with Gasteiger partial charge in [0.2, 0.25) is 0 Å². The fourth-order valence-corrected chi connectivity index (χ4v) is 14.8. The number of hydrogen-bond donors (Lipinski definition) is 4. The summed E-state index contributed by atoms with van der Waals surface area (Å²) in [7, 11) is 0. The number of aryl methyl sites for hydroxylation is 2. The minimum atomic E-state index is -0.0148. The first-order valence-corrected chi connectivity index (χ1v) is 35.8. The Bertz CT molecular complexity index is 4860. The Morgan fingerprint density at radius 2 is 1.06 bits per heavy atom. The Morgan fingerprint density at radius 1 is 0.525 bits per heavy atom. The number of ether oxygens (including phenoxy) is 1. The van der Waals surface area contributed by atoms with Gasteiger partial charge >= 0.3 is 0 Å². The second-order valence-electron chi connectivity index (χ2n) is 27.3. The molecule has 0 spiro atoms. The molecule has 0 unspecified atom stereocenters. The van der Waals surface area contributed by atoms with Crippen molar-refractivity contribution in [3.05, 3.63) is 235 Å². The van der Waals surface area contributed by atoms with Crippen LogP contribution in [-0.4, -0.2) is 150 Å². The number of carbonyl (C=O) groups excluding carboxylic acids is 2. The highest BCUT2D eigenvalue weighted by Gasteiger charge is 2.29. The van der Waals surface area contributed by atoms with Crippen LogP contribution in [0.15, 0.2) is 207 Å². The molecule has 0 aliphatic carbocycles. The highest BCUT2D eigenvalue weighted by atomic mass is 16.5. The zero-order valence-corrected chi connectivity index (χ0v) is 58.1. The fraction of sp³-hybridized carbons (Fsp3) is 0.293. The number of likely N-dealkylation sites (tertiary alicyclic amines) is 2. The molecule has 7 aromatic heterocycles. The summed E-state index contributed by atoms with van der Waals surface area (Å²) >= 11 is 0. The third-order valence-corrected chi connectivity index (χ3v) is 20.5. The second-order valence-corrected chi connectivity index (χ2v) is 27.3. The van der Waals surface area contributed by atoms with Crippen molar-refractivity contribution in [1.82, 2.24) is 53.2 Å². The van der Waals surface area contributed by atoms with E-state index in [2.05, 4.69) is 211 Å². The molecular formula is C82H88N16O3. The molecule has 4 fully saturated rings. The van der Waals surface area contributed by atoms with Crippen molar-refractivity contribution in [2.75, 3.05) is 104 Å². The quantitative estimate of drug-likeness (QED) is 0.0810. The number of carbonyl (C=O) groups is 2. The van der Waals surface area contributed by atoms with Gasteiger partial charge in [0.1, 0.15) is 0 Å². The number of piperazine rings is 1. The highest BCUT2D eigenvalue weighted by molar-refractivity contribution is 5.99. The van der Waals surface area contributed by atoms with Gasteiger partial charge in [-0.1, -0.05) is 36.2 Å². The Labute approximate surface area is 590 Å². The van der Waals surface area contributed by atoms with E-state index in [4.69, 9.17) is 4.74 Å². The normalized spacial score (nSPS) is 16.0. The van der Waals surface area contributed by atoms with Crippen molar-refractivity contribution < 1.29 is 14.3 Å². The third kappa shape index (κ3) is 14.6. The molecule has 12 aromatic rings. The Kier molecular flexibility index (Phi) is 19.6. The average Bonchev–Trinajstić information content (AvgIpc) is 1.74. The monoisotopic (exact) mass is 1340 g/mol. The zero-order chi connectivity index (χ0) is 68.8. The van der Waals surface area contributed by atoms with E-state index in [1.54, 1.807) is 6.20 Å². The molecule has 17 rings (SSSR count). The van der Waals surface area contributed by atoms with Crippen molar-refractivity contribution in [3.63, 3.8) is 0 Å². The van der Waals surface area contributed by atoms with Crippen molar-refractivity contribution in [3.8, 4) is 33.8 Å². The number of fused-ring (bicyclic) bond motifs is 4. The van der Waals surface area contributed by atoms with Crippen LogP contribution >= 0.6 is 0 Å². The van der Waals surface area contributed by atoms with Gasteiger partial charge in [0.25, 0.3) is 11.8 Å². The average molecular weight is 1350 g/mol. The van der Waals surface area contributed by atoms with Crippen molar-refractivity contribution >= 4 is 74.3 Å². The number of rotatable bonds is 14. The van der Waals surface area contributed by atoms with Crippen LogP contribution in [0.3, 0.4) is 0 Å². The summed E-state index contributed by atoms with van der Waals surface area (Å²) in [5.41, 5.74) is 22.5. The van der Waals surface area contributed by atoms with Gasteiger partial charge < -0.3 is 45.6 Å². The van der Waals surface area contributed by atoms with E-state index in [0.29, 0.717) is 18.6 Å². The maximum atomic E-state index is 13.2. The van der Waals surface area contributed by atoms with Crippen LogP contribution < -0.4 is 31.1 Å². The summed E-state index contributed by atoms with van der Waals surface area (Å²) in [4.78, 5) is 55.3. The predicted molar refractivity (Wildman–Crippen MR) is 406 cm³/mol. The molecule has 5 aromatic carbocycles. The maximum absolute atomic E-state index is 13.2. The van der Waals surface area contributed by atoms with Crippen LogP contribution in [0.1, 0.15) is 83.4 Å². The van der Waals surface area contributed by atoms with Crippen molar-refractivity contribution in [2.24, 2.45) is 0 Å². The predicted octanol–water partition coefficient (Wildman–Crippen LogP) is 14.9. The molecule has 2 amide bonds. The molecule has 12 heterocycles. The number of morpholine rings is 1. The van der Waals surface area contributed by atoms with E-state index < -0.39 is 0 Å². The summed E-state index contributed by atoms with van der Waals surface area (Å²) in [6, 6.07) is 55.4. The molecule has 0 bridgehead atoms. The van der Waals surface area contributed by atoms with E-state index in [1.807, 2.05) is 96.8 Å². The maximum Gasteiger partial charge on any atom is 0.253 e. The van der Waals surface area contributed by atoms with Crippen molar-refractivity contribution in [2.45, 2.75) is 78.4 Å². The molecule has 19 heteroatoms. The number of amides is 2. The molecule has 101 heavy (non-hydrogen) atoms. The van der Waals surface area contributed by atoms with Gasteiger partial charge in [-0.3, -0.25) is 32.7 Å². The molecule has 4 N–H and O–H groups in total. The topological polar surface area (TPSA) is 172 Å². The Morgan fingerprint density at radius 3 is 1.61 bits per heavy atom. The summed E-state index contributed by atoms with van der Waals surface area (Å²) < 4.78 is 11.8. The molecular weight excluding hydrogens is 1260 g/mol. The lowest BCUT2D eigenvalue weighted by atomic mass is 9.99. The number of anilines is 8. The van der Waals surface area contributed by atoms with Gasteiger partial charge in [0.15, 0.2) is 16.9 Å². The van der Waals surface area contributed by atoms with E-state index in [0.717, 1.165) is 174 Å². The molecule has 4 saturated heterocycles. The minimum absolute atomic E-state index is 0.0148. The fourth-order valence-electron chi connectivity index (χ4n) is 14.8. The van der Waals surface area contributed by atoms with Gasteiger partial charge in [-0.05, 0) is 222 Å². The lowest BCUT2D eigenvalue weighted by Gasteiger charge is -2.40. The van der Waals surface area contributed by atoms with E-state index >= 15 is 0 Å². The lowest BCUT2D eigenvalue weighted by Crippen LogP contribution is -2.48. The molecule has 5 aliphatic rings. The standard InChI is InChI=1S/C32H34N6O2.C26H30N6.C24H24N4O/c39-31-27-9-6-23(20-24(27)21-34-31)29-11-10-28(30-33-14-19-38(29)30)35-25-7-4-22(5-8-25)32(40)37-17-12-26(13-18-37)36-15-2-1-3-16-36;1-19(2)30-14-16-31(17-15-30)22-6-4-21(5-7-22)29-24-8-9-25(32-13-12-28-26(24)32)23-18-27-11-10-20(23)3;1-18-3-2-4-19(17-18)23-10-9-22(24-25-11-12-28(23)24)26-20-5-7-21(8-6-20)27-13-15-29-16-14-27/h4-11,14,19-20,26,35H,1-3,12-13,15-18,21H2,(H,34,39);4-13,18-19,29H,14-17H2,1-3H3;2-12,17,26H,13-16H2,1H3. The zero-order valence-electron chi connectivity index (χ0n) is 58.1. The molecule has 19 nitrogen and oxygen atoms in total. The SMILES string of the molecule is Cc1cccc(-c2ccc(Nc3ccc(N4CCOCC4)cc3)c3nccn23)c1.Cc1ccncc1-c1ccc(Nc2ccc(N3CCN(C(C)C)CC3)cc2)c2nccn12.O=C1NCc2cc(-c3ccc(Nc4ccc(C(=O)N5CCC(N6CCCCC6)CC5)cc4)c4nccn34)ccc21. The number of piperidine rings is 2. The van der Waals surface area contributed by atoms with Crippen LogP contribution in [0.25, 0.3) is 50.7 Å². The van der Waals surface area contributed by atoms with Gasteiger partial charge in [-0.25, -0.2) is 15.0 Å². The Balaban J connectivity index is 0.000000125. The van der Waals surface area contributed by atoms with Gasteiger partial charge in [-0.15, -0.1) is 0 Å². The van der Waals surface area contributed by atoms with Crippen LogP contribution in [0.4, 0.5) is 45.5 Å². The number of aromatic nitrogens is 7. The largest absolute Gasteiger partial charge is 0.378 e. The number of nitrogens with zero attached hydrogens (tertiary/aromatic N) is 12. The van der Waals surface area contributed by atoms with Crippen LogP contribution in [0.5, 0.6) is 0 Å². The summed E-state index contributed by atoms with van der Waals surface area (Å²) in [5, 5.41) is 13.4. The molecule has 0 radical (unpaired) electrons. The number of hydrogen-bond acceptors (Lipinski definition) is 14. The third-order valence-electron chi connectivity index (χ3n) is 20.5. The Hall–Kier alpha value is -10.9. The number of nitrogens with one attached hydrogen (secondary N) is 4. The molecule has 0 saturated carbocycles. The first-order chi connectivity index (χ1) is 49.5. The number of imidazole rings is 3. The smallest absolute Gasteiger partial charge is 0.253 e. The van der Waals surface area contributed by atoms with Crippen LogP contribution in [0.2, 0.25) is 0 Å². The number of benzene rings is 5. The summed E-state index contributed by atoms with van der Waals surface area (Å²) in [5.74, 6) is 0.105. The van der Waals surface area contributed by atoms with Crippen LogP contribution in [-0.2, 0) is 11.3 Å². The van der Waals surface area contributed by atoms with E-state index in [1.165, 1.54) is 60.4 Å². The lowest BCUT2D eigenvalue weighted by molar-refractivity contribution is 0.0590. The van der Waals surface area contributed by atoms with Gasteiger partial charge in [0.05, 0.1) is 47.4 Å². The van der Waals surface area contributed by atoms with Crippen LogP contribution in [0, 0.1) is 13.8 Å². The summed E-state index contributed by atoms with van der Waals surface area (Å²) in [6.07, 6.45) is 21.3. The minimum Gasteiger partial charge on any atom is -0.378 e. The number of pyridine rings is 4. The first kappa shape index (κ1) is 66.0. The molecule has 0 atom stereocenters. The first-order valence-electron chi connectivity index (χ1n) is 35.8. The second kappa shape index (κ2) is 29.9. The summed E-state index contributed by atoms with van der Waals surface area (Å²) in [6.45, 7) is 21.3. The molecule has 514 valence electrons. The van der Waals surface area contributed by atoms with E-state index in [-0.39, 0.29) is 11.8 Å². The van der Waals surface area contributed by atoms with Gasteiger partial charge in [0, 0.05) is 166 Å². The highest BCUT2D eigenvalue weighted by Crippen LogP contribution is 2.35. The van der Waals surface area contributed by atoms with Crippen molar-refractivity contribution in [1.29, 1.82) is 0 Å². The van der Waals surface area contributed by atoms with E-state index in [9.17, 15) is 9.59 Å².